The quantitative estimate of drug-likeness (QED) is 0.642. The maximum atomic E-state index is 11.2. The average molecular weight is 184 g/mol. The fraction of sp³-hybridized carbons (Fsp3) is 0.900. The van der Waals surface area contributed by atoms with Crippen molar-refractivity contribution in [2.45, 2.75) is 26.3 Å². The Labute approximate surface area is 80.7 Å². The predicted molar refractivity (Wildman–Crippen MR) is 53.8 cm³/mol. The van der Waals surface area contributed by atoms with Crippen molar-refractivity contribution in [1.82, 2.24) is 9.80 Å². The molecule has 1 saturated heterocycles. The van der Waals surface area contributed by atoms with Crippen LogP contribution in [0.1, 0.15) is 20.3 Å². The molecular weight excluding hydrogens is 164 g/mol. The van der Waals surface area contributed by atoms with Crippen LogP contribution >= 0.6 is 0 Å². The van der Waals surface area contributed by atoms with E-state index in [4.69, 9.17) is 0 Å². The first-order valence-electron chi connectivity index (χ1n) is 5.07. The largest absolute Gasteiger partial charge is 0.301 e. The van der Waals surface area contributed by atoms with Gasteiger partial charge in [-0.2, -0.15) is 0 Å². The highest BCUT2D eigenvalue weighted by Crippen LogP contribution is 2.06. The van der Waals surface area contributed by atoms with E-state index < -0.39 is 0 Å². The smallest absolute Gasteiger partial charge is 0.146 e. The van der Waals surface area contributed by atoms with Crippen LogP contribution in [0.4, 0.5) is 0 Å². The van der Waals surface area contributed by atoms with Crippen molar-refractivity contribution < 1.29 is 4.79 Å². The van der Waals surface area contributed by atoms with E-state index in [-0.39, 0.29) is 0 Å². The Morgan fingerprint density at radius 2 is 2.15 bits per heavy atom. The second-order valence-electron chi connectivity index (χ2n) is 3.96. The number of nitrogens with zero attached hydrogens (tertiary/aromatic N) is 2. The molecular formula is C10H20N2O. The molecule has 0 radical (unpaired) electrons. The number of rotatable bonds is 3. The van der Waals surface area contributed by atoms with Crippen LogP contribution in [0, 0.1) is 0 Å². The highest BCUT2D eigenvalue weighted by Gasteiger charge is 2.21. The van der Waals surface area contributed by atoms with Gasteiger partial charge in [-0.3, -0.25) is 9.69 Å². The van der Waals surface area contributed by atoms with E-state index in [0.29, 0.717) is 24.8 Å². The van der Waals surface area contributed by atoms with Gasteiger partial charge < -0.3 is 4.90 Å². The molecule has 0 saturated carbocycles. The molecule has 0 bridgehead atoms. The van der Waals surface area contributed by atoms with E-state index in [2.05, 4.69) is 23.8 Å². The summed E-state index contributed by atoms with van der Waals surface area (Å²) in [5, 5.41) is 0. The number of piperazine rings is 1. The number of ketones is 1. The summed E-state index contributed by atoms with van der Waals surface area (Å²) in [6, 6.07) is 0.582. The summed E-state index contributed by atoms with van der Waals surface area (Å²) in [6.07, 6.45) is 0.667. The molecule has 1 heterocycles. The van der Waals surface area contributed by atoms with Gasteiger partial charge in [-0.15, -0.1) is 0 Å². The number of Topliss-reactive ketones (excluding diaryl/α,β-unsaturated/α-hetero) is 1. The molecule has 0 aromatic carbocycles. The van der Waals surface area contributed by atoms with Crippen molar-refractivity contribution in [3.63, 3.8) is 0 Å². The molecule has 0 N–H and O–H groups in total. The third-order valence-corrected chi connectivity index (χ3v) is 2.84. The standard InChI is InChI=1S/C10H20N2O/c1-4-10(13)8-12-6-5-11(3)9(2)7-12/h9H,4-8H2,1-3H3. The van der Waals surface area contributed by atoms with Gasteiger partial charge in [0, 0.05) is 32.1 Å². The molecule has 76 valence electrons. The molecule has 13 heavy (non-hydrogen) atoms. The van der Waals surface area contributed by atoms with Crippen LogP contribution in [0.25, 0.3) is 0 Å². The van der Waals surface area contributed by atoms with Crippen molar-refractivity contribution in [2.24, 2.45) is 0 Å². The van der Waals surface area contributed by atoms with Gasteiger partial charge in [0.1, 0.15) is 5.78 Å². The molecule has 0 aliphatic carbocycles. The van der Waals surface area contributed by atoms with Gasteiger partial charge in [0.05, 0.1) is 6.54 Å². The first kappa shape index (κ1) is 10.7. The van der Waals surface area contributed by atoms with Crippen LogP contribution in [0.2, 0.25) is 0 Å². The normalized spacial score (nSPS) is 26.2. The van der Waals surface area contributed by atoms with Crippen LogP contribution in [-0.4, -0.2) is 54.9 Å². The minimum Gasteiger partial charge on any atom is -0.301 e. The maximum absolute atomic E-state index is 11.2. The van der Waals surface area contributed by atoms with Crippen LogP contribution < -0.4 is 0 Å². The molecule has 0 spiro atoms. The summed E-state index contributed by atoms with van der Waals surface area (Å²) in [4.78, 5) is 15.8. The van der Waals surface area contributed by atoms with E-state index in [1.165, 1.54) is 0 Å². The zero-order valence-electron chi connectivity index (χ0n) is 8.92. The molecule has 1 unspecified atom stereocenters. The first-order valence-corrected chi connectivity index (χ1v) is 5.07. The lowest BCUT2D eigenvalue weighted by molar-refractivity contribution is -0.120. The second kappa shape index (κ2) is 4.72. The Morgan fingerprint density at radius 1 is 1.46 bits per heavy atom. The number of hydrogen-bond acceptors (Lipinski definition) is 3. The maximum Gasteiger partial charge on any atom is 0.146 e. The van der Waals surface area contributed by atoms with Gasteiger partial charge in [0.2, 0.25) is 0 Å². The Kier molecular flexibility index (Phi) is 3.88. The summed E-state index contributed by atoms with van der Waals surface area (Å²) in [7, 11) is 2.14. The van der Waals surface area contributed by atoms with E-state index in [1.807, 2.05) is 6.92 Å². The Morgan fingerprint density at radius 3 is 2.69 bits per heavy atom. The Hall–Kier alpha value is -0.410. The van der Waals surface area contributed by atoms with Crippen molar-refractivity contribution in [3.8, 4) is 0 Å². The van der Waals surface area contributed by atoms with Crippen LogP contribution in [0.5, 0.6) is 0 Å². The lowest BCUT2D eigenvalue weighted by Gasteiger charge is -2.37. The lowest BCUT2D eigenvalue weighted by Crippen LogP contribution is -2.51. The van der Waals surface area contributed by atoms with Crippen LogP contribution in [0.3, 0.4) is 0 Å². The SMILES string of the molecule is CCC(=O)CN1CCN(C)C(C)C1. The Balaban J connectivity index is 2.33. The zero-order valence-corrected chi connectivity index (χ0v) is 8.92. The first-order chi connectivity index (χ1) is 6.13. The number of carbonyl (C=O) groups is 1. The van der Waals surface area contributed by atoms with Gasteiger partial charge in [-0.05, 0) is 14.0 Å². The van der Waals surface area contributed by atoms with E-state index in [9.17, 15) is 4.79 Å². The third kappa shape index (κ3) is 3.08. The lowest BCUT2D eigenvalue weighted by atomic mass is 10.2. The monoisotopic (exact) mass is 184 g/mol. The molecule has 1 fully saturated rings. The third-order valence-electron chi connectivity index (χ3n) is 2.84. The predicted octanol–water partition coefficient (Wildman–Crippen LogP) is 0.601. The van der Waals surface area contributed by atoms with E-state index in [1.54, 1.807) is 0 Å². The van der Waals surface area contributed by atoms with Crippen molar-refractivity contribution in [1.29, 1.82) is 0 Å². The van der Waals surface area contributed by atoms with Crippen LogP contribution in [-0.2, 0) is 4.79 Å². The molecule has 1 aliphatic heterocycles. The molecule has 1 atom stereocenters. The van der Waals surface area contributed by atoms with Gasteiger partial charge in [0.15, 0.2) is 0 Å². The Bertz CT molecular complexity index is 182. The molecule has 0 aromatic heterocycles. The minimum atomic E-state index is 0.358. The summed E-state index contributed by atoms with van der Waals surface area (Å²) in [5.74, 6) is 0.358. The van der Waals surface area contributed by atoms with Crippen molar-refractivity contribution >= 4 is 5.78 Å². The molecule has 3 nitrogen and oxygen atoms in total. The summed E-state index contributed by atoms with van der Waals surface area (Å²) in [5.41, 5.74) is 0. The second-order valence-corrected chi connectivity index (χ2v) is 3.96. The average Bonchev–Trinajstić information content (AvgIpc) is 2.11. The number of carbonyl (C=O) groups excluding carboxylic acids is 1. The molecule has 0 aromatic rings. The number of likely N-dealkylation sites (N-methyl/N-ethyl adjacent to an activating group) is 1. The minimum absolute atomic E-state index is 0.358. The molecule has 3 heteroatoms. The topological polar surface area (TPSA) is 23.6 Å². The van der Waals surface area contributed by atoms with E-state index in [0.717, 1.165) is 19.6 Å². The fourth-order valence-electron chi connectivity index (χ4n) is 1.63. The molecule has 1 aliphatic rings. The van der Waals surface area contributed by atoms with E-state index >= 15 is 0 Å². The molecule has 1 rings (SSSR count). The highest BCUT2D eigenvalue weighted by atomic mass is 16.1. The van der Waals surface area contributed by atoms with Crippen molar-refractivity contribution in [2.75, 3.05) is 33.2 Å². The summed E-state index contributed by atoms with van der Waals surface area (Å²) in [6.45, 7) is 7.94. The summed E-state index contributed by atoms with van der Waals surface area (Å²) < 4.78 is 0. The highest BCUT2D eigenvalue weighted by molar-refractivity contribution is 5.80. The van der Waals surface area contributed by atoms with Gasteiger partial charge >= 0.3 is 0 Å². The summed E-state index contributed by atoms with van der Waals surface area (Å²) >= 11 is 0. The fourth-order valence-corrected chi connectivity index (χ4v) is 1.63. The van der Waals surface area contributed by atoms with Gasteiger partial charge in [-0.1, -0.05) is 6.92 Å². The van der Waals surface area contributed by atoms with Crippen LogP contribution in [0.15, 0.2) is 0 Å². The molecule has 0 amide bonds. The van der Waals surface area contributed by atoms with Gasteiger partial charge in [-0.25, -0.2) is 0 Å². The van der Waals surface area contributed by atoms with Gasteiger partial charge in [0.25, 0.3) is 0 Å². The number of hydrogen-bond donors (Lipinski definition) is 0. The van der Waals surface area contributed by atoms with Crippen molar-refractivity contribution in [3.05, 3.63) is 0 Å². The zero-order chi connectivity index (χ0) is 9.84.